The zero-order valence-electron chi connectivity index (χ0n) is 17.7. The highest BCUT2D eigenvalue weighted by atomic mass is 16.6. The van der Waals surface area contributed by atoms with E-state index in [1.54, 1.807) is 48.5 Å². The molecule has 1 fully saturated rings. The van der Waals surface area contributed by atoms with E-state index in [0.29, 0.717) is 22.6 Å². The van der Waals surface area contributed by atoms with E-state index >= 15 is 0 Å². The molecule has 164 valence electrons. The quantitative estimate of drug-likeness (QED) is 0.527. The topological polar surface area (TPSA) is 76.1 Å². The van der Waals surface area contributed by atoms with Crippen LogP contribution in [0.15, 0.2) is 48.5 Å². The lowest BCUT2D eigenvalue weighted by Gasteiger charge is -2.25. The van der Waals surface area contributed by atoms with Gasteiger partial charge in [0.2, 0.25) is 0 Å². The molecule has 1 heterocycles. The van der Waals surface area contributed by atoms with Gasteiger partial charge in [-0.25, -0.2) is 0 Å². The van der Waals surface area contributed by atoms with E-state index in [0.717, 1.165) is 25.7 Å². The number of aliphatic hydroxyl groups is 1. The van der Waals surface area contributed by atoms with Crippen LogP contribution in [-0.2, 0) is 0 Å². The summed E-state index contributed by atoms with van der Waals surface area (Å²) < 4.78 is 11.6. The fourth-order valence-corrected chi connectivity index (χ4v) is 4.34. The maximum Gasteiger partial charge on any atom is 0.261 e. The molecule has 2 aromatic carbocycles. The highest BCUT2D eigenvalue weighted by molar-refractivity contribution is 6.21. The van der Waals surface area contributed by atoms with E-state index in [1.807, 2.05) is 0 Å². The van der Waals surface area contributed by atoms with Gasteiger partial charge in [0.15, 0.2) is 6.29 Å². The number of imide groups is 1. The van der Waals surface area contributed by atoms with Crippen LogP contribution in [0.1, 0.15) is 65.7 Å². The van der Waals surface area contributed by atoms with Crippen LogP contribution in [0.25, 0.3) is 0 Å². The van der Waals surface area contributed by atoms with Gasteiger partial charge in [0.05, 0.1) is 17.7 Å². The van der Waals surface area contributed by atoms with E-state index in [2.05, 4.69) is 0 Å². The molecule has 1 atom stereocenters. The first-order chi connectivity index (χ1) is 15.1. The summed E-state index contributed by atoms with van der Waals surface area (Å²) in [6.45, 7) is 0.349. The van der Waals surface area contributed by atoms with Crippen molar-refractivity contribution < 1.29 is 24.2 Å². The molecule has 0 spiro atoms. The van der Waals surface area contributed by atoms with Crippen molar-refractivity contribution in [1.82, 2.24) is 4.90 Å². The number of hydrogen-bond acceptors (Lipinski definition) is 5. The van der Waals surface area contributed by atoms with Crippen LogP contribution in [0.5, 0.6) is 11.5 Å². The molecule has 31 heavy (non-hydrogen) atoms. The standard InChI is InChI=1S/C25H29NO5/c27-23-21-13-6-7-14-22(21)24(28)26(23)15-16-30-19-11-8-12-20(17-19)31-25(29)18-9-4-2-1-3-5-10-18/h6-8,11-14,17-18,25,29H,1-5,9-10,15-16H2. The minimum absolute atomic E-state index is 0.152. The second-order valence-electron chi connectivity index (χ2n) is 8.24. The predicted molar refractivity (Wildman–Crippen MR) is 116 cm³/mol. The third-order valence-corrected chi connectivity index (χ3v) is 6.08. The summed E-state index contributed by atoms with van der Waals surface area (Å²) in [5.41, 5.74) is 0.872. The van der Waals surface area contributed by atoms with Crippen LogP contribution in [0.4, 0.5) is 0 Å². The number of rotatable bonds is 7. The number of amides is 2. The van der Waals surface area contributed by atoms with E-state index in [4.69, 9.17) is 9.47 Å². The summed E-state index contributed by atoms with van der Waals surface area (Å²) >= 11 is 0. The average Bonchev–Trinajstić information content (AvgIpc) is 2.99. The molecule has 1 aliphatic heterocycles. The molecule has 2 aromatic rings. The van der Waals surface area contributed by atoms with Crippen molar-refractivity contribution in [2.45, 2.75) is 51.2 Å². The smallest absolute Gasteiger partial charge is 0.261 e. The zero-order valence-corrected chi connectivity index (χ0v) is 17.7. The van der Waals surface area contributed by atoms with E-state index in [-0.39, 0.29) is 30.9 Å². The molecule has 1 saturated carbocycles. The Morgan fingerprint density at radius 1 is 0.871 bits per heavy atom. The van der Waals surface area contributed by atoms with E-state index < -0.39 is 6.29 Å². The molecule has 2 aliphatic rings. The summed E-state index contributed by atoms with van der Waals surface area (Å²) in [5.74, 6) is 0.692. The van der Waals surface area contributed by atoms with Gasteiger partial charge in [-0.15, -0.1) is 0 Å². The van der Waals surface area contributed by atoms with Gasteiger partial charge in [-0.05, 0) is 37.1 Å². The fourth-order valence-electron chi connectivity index (χ4n) is 4.34. The Hall–Kier alpha value is -2.86. The van der Waals surface area contributed by atoms with Gasteiger partial charge < -0.3 is 14.6 Å². The number of aliphatic hydroxyl groups excluding tert-OH is 1. The summed E-state index contributed by atoms with van der Waals surface area (Å²) in [7, 11) is 0. The molecule has 2 amide bonds. The SMILES string of the molecule is O=C1c2ccccc2C(=O)N1CCOc1cccc(OC(O)C2CCCCCCC2)c1. The molecule has 1 N–H and O–H groups in total. The molecule has 4 rings (SSSR count). The lowest BCUT2D eigenvalue weighted by atomic mass is 9.91. The average molecular weight is 424 g/mol. The Balaban J connectivity index is 1.30. The number of hydrogen-bond donors (Lipinski definition) is 1. The zero-order chi connectivity index (χ0) is 21.6. The Morgan fingerprint density at radius 2 is 1.48 bits per heavy atom. The molecule has 0 aromatic heterocycles. The molecule has 0 radical (unpaired) electrons. The van der Waals surface area contributed by atoms with Gasteiger partial charge in [0.25, 0.3) is 11.8 Å². The number of benzene rings is 2. The number of carbonyl (C=O) groups excluding carboxylic acids is 2. The van der Waals surface area contributed by atoms with Crippen molar-refractivity contribution in [2.75, 3.05) is 13.2 Å². The van der Waals surface area contributed by atoms with Crippen molar-refractivity contribution in [1.29, 1.82) is 0 Å². The van der Waals surface area contributed by atoms with Crippen LogP contribution in [0.2, 0.25) is 0 Å². The van der Waals surface area contributed by atoms with E-state index in [9.17, 15) is 14.7 Å². The first-order valence-electron chi connectivity index (χ1n) is 11.2. The highest BCUT2D eigenvalue weighted by Gasteiger charge is 2.34. The first kappa shape index (κ1) is 21.4. The molecule has 6 nitrogen and oxygen atoms in total. The highest BCUT2D eigenvalue weighted by Crippen LogP contribution is 2.28. The van der Waals surface area contributed by atoms with Gasteiger partial charge >= 0.3 is 0 Å². The number of nitrogens with zero attached hydrogens (tertiary/aromatic N) is 1. The van der Waals surface area contributed by atoms with Gasteiger partial charge in [0, 0.05) is 12.0 Å². The van der Waals surface area contributed by atoms with Crippen molar-refractivity contribution in [3.05, 3.63) is 59.7 Å². The van der Waals surface area contributed by atoms with E-state index in [1.165, 1.54) is 24.2 Å². The Bertz CT molecular complexity index is 885. The molecule has 1 unspecified atom stereocenters. The monoisotopic (exact) mass is 423 g/mol. The second-order valence-corrected chi connectivity index (χ2v) is 8.24. The minimum atomic E-state index is -0.827. The van der Waals surface area contributed by atoms with Crippen LogP contribution < -0.4 is 9.47 Å². The largest absolute Gasteiger partial charge is 0.492 e. The maximum absolute atomic E-state index is 12.4. The van der Waals surface area contributed by atoms with Crippen molar-refractivity contribution in [2.24, 2.45) is 5.92 Å². The van der Waals surface area contributed by atoms with Gasteiger partial charge in [0.1, 0.15) is 18.1 Å². The molecular formula is C25H29NO5. The molecule has 1 aliphatic carbocycles. The Labute approximate surface area is 182 Å². The normalized spacial score (nSPS) is 18.3. The van der Waals surface area contributed by atoms with Crippen LogP contribution in [0, 0.1) is 5.92 Å². The van der Waals surface area contributed by atoms with Crippen molar-refractivity contribution >= 4 is 11.8 Å². The fraction of sp³-hybridized carbons (Fsp3) is 0.440. The first-order valence-corrected chi connectivity index (χ1v) is 11.2. The second kappa shape index (κ2) is 9.96. The summed E-state index contributed by atoms with van der Waals surface area (Å²) in [5, 5.41) is 10.6. The van der Waals surface area contributed by atoms with Crippen molar-refractivity contribution in [3.63, 3.8) is 0 Å². The van der Waals surface area contributed by atoms with Crippen LogP contribution in [0.3, 0.4) is 0 Å². The lowest BCUT2D eigenvalue weighted by Crippen LogP contribution is -2.33. The molecule has 0 bridgehead atoms. The van der Waals surface area contributed by atoms with Gasteiger partial charge in [-0.1, -0.05) is 50.3 Å². The third-order valence-electron chi connectivity index (χ3n) is 6.08. The number of fused-ring (bicyclic) bond motifs is 1. The lowest BCUT2D eigenvalue weighted by molar-refractivity contribution is -0.0693. The van der Waals surface area contributed by atoms with Crippen molar-refractivity contribution in [3.8, 4) is 11.5 Å². The molecular weight excluding hydrogens is 394 g/mol. The minimum Gasteiger partial charge on any atom is -0.492 e. The summed E-state index contributed by atoms with van der Waals surface area (Å²) in [4.78, 5) is 26.1. The number of carbonyl (C=O) groups is 2. The summed E-state index contributed by atoms with van der Waals surface area (Å²) in [6, 6.07) is 13.9. The number of ether oxygens (including phenoxy) is 2. The summed E-state index contributed by atoms with van der Waals surface area (Å²) in [6.07, 6.45) is 7.13. The van der Waals surface area contributed by atoms with Gasteiger partial charge in [-0.3, -0.25) is 14.5 Å². The predicted octanol–water partition coefficient (Wildman–Crippen LogP) is 4.42. The van der Waals surface area contributed by atoms with Gasteiger partial charge in [-0.2, -0.15) is 0 Å². The van der Waals surface area contributed by atoms with Crippen LogP contribution in [-0.4, -0.2) is 41.3 Å². The maximum atomic E-state index is 12.4. The Morgan fingerprint density at radius 3 is 2.16 bits per heavy atom. The Kier molecular flexibility index (Phi) is 6.87. The van der Waals surface area contributed by atoms with Crippen LogP contribution >= 0.6 is 0 Å². The molecule has 0 saturated heterocycles. The third kappa shape index (κ3) is 5.07. The molecule has 6 heteroatoms.